The molecule has 2 heterocycles. The van der Waals surface area contributed by atoms with Crippen LogP contribution in [0.4, 0.5) is 0 Å². The van der Waals surface area contributed by atoms with E-state index >= 15 is 0 Å². The molecule has 1 nitrogen and oxygen atoms in total. The minimum Gasteiger partial charge on any atom is -0.264 e. The van der Waals surface area contributed by atoms with E-state index in [1.165, 1.54) is 26.5 Å². The van der Waals surface area contributed by atoms with Crippen LogP contribution in [0.5, 0.6) is 0 Å². The van der Waals surface area contributed by atoms with Gasteiger partial charge in [0.05, 0.1) is 5.70 Å². The number of benzene rings is 2. The van der Waals surface area contributed by atoms with Gasteiger partial charge >= 0.3 is 0 Å². The van der Waals surface area contributed by atoms with E-state index in [2.05, 4.69) is 83.9 Å². The molecule has 0 aromatic heterocycles. The summed E-state index contributed by atoms with van der Waals surface area (Å²) in [6.45, 7) is 3.76. The molecule has 112 valence electrons. The van der Waals surface area contributed by atoms with E-state index in [1.54, 1.807) is 0 Å². The first-order chi connectivity index (χ1) is 11.4. The zero-order valence-corrected chi connectivity index (χ0v) is 13.6. The largest absolute Gasteiger partial charge is 0.264 e. The Balaban J connectivity index is 1.62. The maximum absolute atomic E-state index is 4.25. The summed E-state index contributed by atoms with van der Waals surface area (Å²) in [4.78, 5) is 7.13. The van der Waals surface area contributed by atoms with Gasteiger partial charge in [0.2, 0.25) is 0 Å². The van der Waals surface area contributed by atoms with Crippen molar-refractivity contribution in [2.75, 3.05) is 0 Å². The van der Waals surface area contributed by atoms with Crippen molar-refractivity contribution in [1.29, 1.82) is 0 Å². The lowest BCUT2D eigenvalue weighted by Crippen LogP contribution is -2.11. The minimum absolute atomic E-state index is 0.110. The van der Waals surface area contributed by atoms with Crippen LogP contribution in [-0.4, -0.2) is 11.6 Å². The summed E-state index contributed by atoms with van der Waals surface area (Å²) >= 11 is 0. The molecule has 0 saturated heterocycles. The maximum Gasteiger partial charge on any atom is 0.0663 e. The van der Waals surface area contributed by atoms with Crippen molar-refractivity contribution < 1.29 is 0 Å². The van der Waals surface area contributed by atoms with Crippen molar-refractivity contribution in [3.8, 4) is 0 Å². The predicted octanol–water partition coefficient (Wildman–Crippen LogP) is 5.13. The van der Waals surface area contributed by atoms with Crippen LogP contribution in [0.1, 0.15) is 11.1 Å². The van der Waals surface area contributed by atoms with Crippen LogP contribution >= 0.6 is 10.5 Å². The van der Waals surface area contributed by atoms with Crippen LogP contribution in [0.25, 0.3) is 0 Å². The van der Waals surface area contributed by atoms with Gasteiger partial charge in [0.15, 0.2) is 0 Å². The van der Waals surface area contributed by atoms with Gasteiger partial charge in [-0.25, -0.2) is 0 Å². The van der Waals surface area contributed by atoms with Crippen molar-refractivity contribution in [1.82, 2.24) is 0 Å². The van der Waals surface area contributed by atoms with E-state index in [9.17, 15) is 0 Å². The Hall–Kier alpha value is -2.45. The van der Waals surface area contributed by atoms with Crippen molar-refractivity contribution >= 4 is 22.1 Å². The monoisotopic (exact) mass is 315 g/mol. The first-order valence-electron chi connectivity index (χ1n) is 7.67. The Morgan fingerprint density at radius 2 is 1.78 bits per heavy atom. The molecule has 0 bridgehead atoms. The van der Waals surface area contributed by atoms with Gasteiger partial charge < -0.3 is 0 Å². The molecule has 0 radical (unpaired) electrons. The molecule has 1 unspecified atom stereocenters. The second-order valence-corrected chi connectivity index (χ2v) is 7.33. The van der Waals surface area contributed by atoms with Crippen LogP contribution in [0.15, 0.2) is 99.4 Å². The van der Waals surface area contributed by atoms with Gasteiger partial charge in [-0.05, 0) is 36.3 Å². The zero-order valence-electron chi connectivity index (χ0n) is 12.8. The van der Waals surface area contributed by atoms with E-state index in [4.69, 9.17) is 0 Å². The first kappa shape index (κ1) is 14.2. The number of hydrogen-bond acceptors (Lipinski definition) is 1. The summed E-state index contributed by atoms with van der Waals surface area (Å²) in [7, 11) is 0.110. The van der Waals surface area contributed by atoms with Gasteiger partial charge in [-0.2, -0.15) is 0 Å². The van der Waals surface area contributed by atoms with E-state index in [0.717, 1.165) is 12.1 Å². The third-order valence-electron chi connectivity index (χ3n) is 4.13. The Kier molecular flexibility index (Phi) is 3.68. The molecule has 2 aromatic carbocycles. The average Bonchev–Trinajstić information content (AvgIpc) is 2.61. The second kappa shape index (κ2) is 5.98. The lowest BCUT2D eigenvalue weighted by molar-refractivity contribution is 1.21. The lowest BCUT2D eigenvalue weighted by atomic mass is 10.1. The third-order valence-corrected chi connectivity index (χ3v) is 6.27. The van der Waals surface area contributed by atoms with Crippen LogP contribution < -0.4 is 0 Å². The molecule has 4 rings (SSSR count). The number of allylic oxidation sites excluding steroid dienone is 3. The molecule has 2 heteroatoms. The highest BCUT2D eigenvalue weighted by atomic mass is 32.2. The molecule has 1 atom stereocenters. The molecule has 0 aliphatic carbocycles. The second-order valence-electron chi connectivity index (χ2n) is 5.54. The van der Waals surface area contributed by atoms with Crippen LogP contribution in [0, 0.1) is 0 Å². The number of rotatable bonds is 4. The summed E-state index contributed by atoms with van der Waals surface area (Å²) in [6, 6.07) is 19.1. The molecular weight excluding hydrogens is 298 g/mol. The molecule has 2 aromatic rings. The Bertz CT molecular complexity index is 898. The highest BCUT2D eigenvalue weighted by Crippen LogP contribution is 2.47. The summed E-state index contributed by atoms with van der Waals surface area (Å²) in [5, 5.41) is 2.34. The Labute approximate surface area is 139 Å². The molecule has 0 fully saturated rings. The normalized spacial score (nSPS) is 18.6. The van der Waals surface area contributed by atoms with Crippen LogP contribution in [0.2, 0.25) is 0 Å². The molecule has 2 aliphatic rings. The van der Waals surface area contributed by atoms with E-state index in [0.29, 0.717) is 0 Å². The molecule has 23 heavy (non-hydrogen) atoms. The fraction of sp³-hybridized carbons (Fsp3) is 0.0476. The SMILES string of the molecule is C=N/C(=C\Cc1ccccc1)C1=CS2=C(C=C1)c1ccccc12. The van der Waals surface area contributed by atoms with Gasteiger partial charge in [0.1, 0.15) is 0 Å². The van der Waals surface area contributed by atoms with Crippen LogP contribution in [0.3, 0.4) is 0 Å². The summed E-state index contributed by atoms with van der Waals surface area (Å²) < 4.78 is 0. The maximum atomic E-state index is 4.25. The van der Waals surface area contributed by atoms with Crippen molar-refractivity contribution in [3.63, 3.8) is 0 Å². The minimum atomic E-state index is 0.110. The lowest BCUT2D eigenvalue weighted by Gasteiger charge is -2.28. The van der Waals surface area contributed by atoms with Gasteiger partial charge in [-0.1, -0.05) is 60.7 Å². The summed E-state index contributed by atoms with van der Waals surface area (Å²) in [5.74, 6) is 0. The number of hydrogen-bond donors (Lipinski definition) is 0. The van der Waals surface area contributed by atoms with Gasteiger partial charge in [0.25, 0.3) is 0 Å². The molecule has 0 saturated carbocycles. The van der Waals surface area contributed by atoms with E-state index in [1.807, 2.05) is 6.07 Å². The average molecular weight is 315 g/mol. The van der Waals surface area contributed by atoms with Gasteiger partial charge in [-0.15, -0.1) is 10.5 Å². The number of nitrogens with zero attached hydrogens (tertiary/aromatic N) is 1. The van der Waals surface area contributed by atoms with Crippen molar-refractivity contribution in [2.24, 2.45) is 4.99 Å². The molecule has 2 aliphatic heterocycles. The van der Waals surface area contributed by atoms with Gasteiger partial charge in [0, 0.05) is 20.9 Å². The number of aliphatic imine (C=N–C) groups is 1. The fourth-order valence-corrected chi connectivity index (χ4v) is 4.98. The van der Waals surface area contributed by atoms with Crippen molar-refractivity contribution in [3.05, 3.63) is 101 Å². The summed E-state index contributed by atoms with van der Waals surface area (Å²) in [5.41, 5.74) is 4.83. The zero-order chi connectivity index (χ0) is 15.6. The predicted molar refractivity (Wildman–Crippen MR) is 101 cm³/mol. The molecule has 0 amide bonds. The molecular formula is C21H17NS. The number of fused-ring (bicyclic) bond motifs is 3. The topological polar surface area (TPSA) is 12.4 Å². The smallest absolute Gasteiger partial charge is 0.0663 e. The van der Waals surface area contributed by atoms with E-state index < -0.39 is 0 Å². The van der Waals surface area contributed by atoms with Crippen molar-refractivity contribution in [2.45, 2.75) is 11.3 Å². The highest BCUT2D eigenvalue weighted by molar-refractivity contribution is 8.20. The standard InChI is InChI=1S/C21H17NS/c1-22-19(13-11-16-7-3-2-4-8-16)17-12-14-21-18-9-5-6-10-20(18)23(21)15-17/h2-10,12-15H,1,11H2/b19-13-. The van der Waals surface area contributed by atoms with Crippen LogP contribution in [-0.2, 0) is 6.42 Å². The molecule has 0 spiro atoms. The third kappa shape index (κ3) is 2.55. The fourth-order valence-electron chi connectivity index (χ4n) is 2.92. The Morgan fingerprint density at radius 1 is 1.00 bits per heavy atom. The summed E-state index contributed by atoms with van der Waals surface area (Å²) in [6.07, 6.45) is 7.45. The van der Waals surface area contributed by atoms with Gasteiger partial charge in [-0.3, -0.25) is 4.99 Å². The van der Waals surface area contributed by atoms with E-state index in [-0.39, 0.29) is 10.5 Å². The molecule has 0 N–H and O–H groups in total. The Morgan fingerprint density at radius 3 is 2.61 bits per heavy atom. The quantitative estimate of drug-likeness (QED) is 0.548. The first-order valence-corrected chi connectivity index (χ1v) is 8.96. The highest BCUT2D eigenvalue weighted by Gasteiger charge is 2.23.